The Hall–Kier alpha value is -2.68. The zero-order valence-electron chi connectivity index (χ0n) is 12.7. The van der Waals surface area contributed by atoms with Crippen LogP contribution in [0.1, 0.15) is 30.5 Å². The Morgan fingerprint density at radius 2 is 1.50 bits per heavy atom. The van der Waals surface area contributed by atoms with Crippen molar-refractivity contribution in [2.45, 2.75) is 20.3 Å². The van der Waals surface area contributed by atoms with Gasteiger partial charge >= 0.3 is 0 Å². The fourth-order valence-corrected chi connectivity index (χ4v) is 2.09. The fourth-order valence-electron chi connectivity index (χ4n) is 2.09. The molecule has 0 saturated heterocycles. The predicted octanol–water partition coefficient (Wildman–Crippen LogP) is 4.48. The number of aromatic hydroxyl groups is 3. The minimum absolute atomic E-state index is 0.0228. The summed E-state index contributed by atoms with van der Waals surface area (Å²) >= 11 is 0. The number of allylic oxidation sites excluding steroid dienone is 2. The first-order valence-electron chi connectivity index (χ1n) is 7.10. The maximum atomic E-state index is 9.89. The Morgan fingerprint density at radius 3 is 2.14 bits per heavy atom. The molecular weight excluding hydrogens is 276 g/mol. The van der Waals surface area contributed by atoms with E-state index in [-0.39, 0.29) is 17.2 Å². The third-order valence-electron chi connectivity index (χ3n) is 3.23. The van der Waals surface area contributed by atoms with Gasteiger partial charge in [-0.1, -0.05) is 29.9 Å². The summed E-state index contributed by atoms with van der Waals surface area (Å²) in [5.74, 6) is 0.328. The molecule has 0 aliphatic rings. The van der Waals surface area contributed by atoms with Gasteiger partial charge in [0.2, 0.25) is 0 Å². The molecule has 0 aromatic heterocycles. The van der Waals surface area contributed by atoms with Gasteiger partial charge in [-0.05, 0) is 61.2 Å². The molecule has 3 nitrogen and oxygen atoms in total. The second kappa shape index (κ2) is 6.85. The highest BCUT2D eigenvalue weighted by Gasteiger charge is 2.01. The number of hydrogen-bond donors (Lipinski definition) is 3. The Labute approximate surface area is 130 Å². The van der Waals surface area contributed by atoms with Gasteiger partial charge in [0.05, 0.1) is 0 Å². The van der Waals surface area contributed by atoms with E-state index in [0.29, 0.717) is 12.0 Å². The molecule has 0 atom stereocenters. The van der Waals surface area contributed by atoms with Gasteiger partial charge in [0, 0.05) is 6.07 Å². The SMILES string of the molecule is CC(C)=CCc1cc(/C=C/c2cc(O)cc(O)c2)ccc1O. The monoisotopic (exact) mass is 296 g/mol. The quantitative estimate of drug-likeness (QED) is 0.575. The molecule has 2 aromatic carbocycles. The Bertz CT molecular complexity index is 703. The largest absolute Gasteiger partial charge is 0.508 e. The first-order valence-corrected chi connectivity index (χ1v) is 7.10. The number of rotatable bonds is 4. The van der Waals surface area contributed by atoms with Crippen molar-refractivity contribution in [3.05, 3.63) is 64.7 Å². The summed E-state index contributed by atoms with van der Waals surface area (Å²) in [6, 6.07) is 9.85. The lowest BCUT2D eigenvalue weighted by atomic mass is 10.0. The van der Waals surface area contributed by atoms with Gasteiger partial charge in [-0.15, -0.1) is 0 Å². The van der Waals surface area contributed by atoms with E-state index in [4.69, 9.17) is 0 Å². The second-order valence-electron chi connectivity index (χ2n) is 5.49. The standard InChI is InChI=1S/C19H20O3/c1-13(2)3-7-16-9-14(6-8-19(16)22)4-5-15-10-17(20)12-18(21)11-15/h3-6,8-12,20-22H,7H2,1-2H3/b5-4+. The van der Waals surface area contributed by atoms with Crippen LogP contribution in [0.3, 0.4) is 0 Å². The molecule has 3 N–H and O–H groups in total. The smallest absolute Gasteiger partial charge is 0.119 e. The van der Waals surface area contributed by atoms with Crippen molar-refractivity contribution in [3.8, 4) is 17.2 Å². The summed E-state index contributed by atoms with van der Waals surface area (Å²) < 4.78 is 0. The minimum atomic E-state index is 0.0228. The maximum Gasteiger partial charge on any atom is 0.119 e. The molecule has 0 aliphatic heterocycles. The van der Waals surface area contributed by atoms with Crippen molar-refractivity contribution in [2.75, 3.05) is 0 Å². The zero-order valence-corrected chi connectivity index (χ0v) is 12.7. The highest BCUT2D eigenvalue weighted by molar-refractivity contribution is 5.71. The van der Waals surface area contributed by atoms with Gasteiger partial charge in [0.25, 0.3) is 0 Å². The molecule has 0 spiro atoms. The van der Waals surface area contributed by atoms with Crippen molar-refractivity contribution >= 4 is 12.2 Å². The molecule has 114 valence electrons. The van der Waals surface area contributed by atoms with Crippen LogP contribution in [0.15, 0.2) is 48.0 Å². The van der Waals surface area contributed by atoms with E-state index in [2.05, 4.69) is 6.08 Å². The molecule has 0 unspecified atom stereocenters. The molecular formula is C19H20O3. The first-order chi connectivity index (χ1) is 10.4. The van der Waals surface area contributed by atoms with E-state index in [9.17, 15) is 15.3 Å². The number of hydrogen-bond acceptors (Lipinski definition) is 3. The van der Waals surface area contributed by atoms with E-state index in [1.54, 1.807) is 24.3 Å². The normalized spacial score (nSPS) is 10.8. The van der Waals surface area contributed by atoms with Crippen LogP contribution in [0, 0.1) is 0 Å². The van der Waals surface area contributed by atoms with Crippen molar-refractivity contribution < 1.29 is 15.3 Å². The minimum Gasteiger partial charge on any atom is -0.508 e. The van der Waals surface area contributed by atoms with Gasteiger partial charge in [0.1, 0.15) is 17.2 Å². The van der Waals surface area contributed by atoms with E-state index < -0.39 is 0 Å². The van der Waals surface area contributed by atoms with Crippen LogP contribution in [-0.4, -0.2) is 15.3 Å². The summed E-state index contributed by atoms with van der Waals surface area (Å²) in [6.07, 6.45) is 6.43. The van der Waals surface area contributed by atoms with E-state index in [1.165, 1.54) is 11.6 Å². The first kappa shape index (κ1) is 15.7. The van der Waals surface area contributed by atoms with Gasteiger partial charge in [0.15, 0.2) is 0 Å². The summed E-state index contributed by atoms with van der Waals surface area (Å²) in [7, 11) is 0. The number of benzene rings is 2. The Balaban J connectivity index is 2.24. The average Bonchev–Trinajstić information content (AvgIpc) is 2.44. The highest BCUT2D eigenvalue weighted by atomic mass is 16.3. The molecule has 0 radical (unpaired) electrons. The van der Waals surface area contributed by atoms with Crippen LogP contribution in [0.4, 0.5) is 0 Å². The molecule has 0 fully saturated rings. The lowest BCUT2D eigenvalue weighted by Gasteiger charge is -2.04. The van der Waals surface area contributed by atoms with E-state index in [1.807, 2.05) is 32.1 Å². The molecule has 0 saturated carbocycles. The van der Waals surface area contributed by atoms with Crippen molar-refractivity contribution in [3.63, 3.8) is 0 Å². The average molecular weight is 296 g/mol. The highest BCUT2D eigenvalue weighted by Crippen LogP contribution is 2.24. The predicted molar refractivity (Wildman–Crippen MR) is 89.9 cm³/mol. The maximum absolute atomic E-state index is 9.89. The molecule has 0 aliphatic carbocycles. The lowest BCUT2D eigenvalue weighted by molar-refractivity contribution is 0.450. The fraction of sp³-hybridized carbons (Fsp3) is 0.158. The van der Waals surface area contributed by atoms with Crippen molar-refractivity contribution in [1.82, 2.24) is 0 Å². The topological polar surface area (TPSA) is 60.7 Å². The van der Waals surface area contributed by atoms with E-state index >= 15 is 0 Å². The van der Waals surface area contributed by atoms with Gasteiger partial charge in [-0.3, -0.25) is 0 Å². The third-order valence-corrected chi connectivity index (χ3v) is 3.23. The van der Waals surface area contributed by atoms with Crippen LogP contribution in [0.5, 0.6) is 17.2 Å². The molecule has 0 heterocycles. The summed E-state index contributed by atoms with van der Waals surface area (Å²) in [5, 5.41) is 28.8. The van der Waals surface area contributed by atoms with Crippen LogP contribution in [0.25, 0.3) is 12.2 Å². The molecule has 2 aromatic rings. The summed E-state index contributed by atoms with van der Waals surface area (Å²) in [5.41, 5.74) is 3.71. The molecule has 22 heavy (non-hydrogen) atoms. The van der Waals surface area contributed by atoms with Crippen LogP contribution >= 0.6 is 0 Å². The Kier molecular flexibility index (Phi) is 4.89. The number of phenolic OH excluding ortho intramolecular Hbond substituents is 3. The van der Waals surface area contributed by atoms with E-state index in [0.717, 1.165) is 11.1 Å². The van der Waals surface area contributed by atoms with Gasteiger partial charge in [-0.25, -0.2) is 0 Å². The van der Waals surface area contributed by atoms with Crippen LogP contribution in [0.2, 0.25) is 0 Å². The van der Waals surface area contributed by atoms with Crippen molar-refractivity contribution in [1.29, 1.82) is 0 Å². The second-order valence-corrected chi connectivity index (χ2v) is 5.49. The molecule has 0 amide bonds. The van der Waals surface area contributed by atoms with Crippen LogP contribution < -0.4 is 0 Å². The molecule has 2 rings (SSSR count). The third kappa shape index (κ3) is 4.42. The zero-order chi connectivity index (χ0) is 16.1. The molecule has 3 heteroatoms. The van der Waals surface area contributed by atoms with Crippen molar-refractivity contribution in [2.24, 2.45) is 0 Å². The lowest BCUT2D eigenvalue weighted by Crippen LogP contribution is -1.85. The van der Waals surface area contributed by atoms with Gasteiger partial charge < -0.3 is 15.3 Å². The van der Waals surface area contributed by atoms with Crippen LogP contribution in [-0.2, 0) is 6.42 Å². The summed E-state index contributed by atoms with van der Waals surface area (Å²) in [6.45, 7) is 4.05. The molecule has 0 bridgehead atoms. The Morgan fingerprint density at radius 1 is 0.864 bits per heavy atom. The summed E-state index contributed by atoms with van der Waals surface area (Å²) in [4.78, 5) is 0. The number of phenols is 3. The van der Waals surface area contributed by atoms with Gasteiger partial charge in [-0.2, -0.15) is 0 Å².